The maximum Gasteiger partial charge on any atom is 0.135 e. The van der Waals surface area contributed by atoms with Gasteiger partial charge in [-0.2, -0.15) is 0 Å². The van der Waals surface area contributed by atoms with Gasteiger partial charge in [0.1, 0.15) is 17.5 Å². The summed E-state index contributed by atoms with van der Waals surface area (Å²) in [5.74, 6) is 3.00. The number of aliphatic hydroxyl groups is 1. The molecule has 5 nitrogen and oxygen atoms in total. The molecule has 0 spiro atoms. The molecule has 0 aromatic carbocycles. The maximum absolute atomic E-state index is 9.39. The molecule has 0 aliphatic heterocycles. The molecule has 1 heterocycles. The first kappa shape index (κ1) is 15.7. The Morgan fingerprint density at radius 3 is 2.26 bits per heavy atom. The van der Waals surface area contributed by atoms with Gasteiger partial charge in [-0.25, -0.2) is 9.97 Å². The van der Waals surface area contributed by atoms with Crippen molar-refractivity contribution in [2.75, 3.05) is 23.8 Å². The average molecular weight is 266 g/mol. The predicted octanol–water partition coefficient (Wildman–Crippen LogP) is 2.46. The molecular weight excluding hydrogens is 240 g/mol. The molecule has 0 unspecified atom stereocenters. The van der Waals surface area contributed by atoms with Crippen LogP contribution in [-0.4, -0.2) is 34.3 Å². The third-order valence-corrected chi connectivity index (χ3v) is 2.95. The molecule has 108 valence electrons. The van der Waals surface area contributed by atoms with Gasteiger partial charge in [0.15, 0.2) is 0 Å². The van der Waals surface area contributed by atoms with E-state index in [0.29, 0.717) is 5.92 Å². The molecule has 1 rings (SSSR count). The van der Waals surface area contributed by atoms with Crippen LogP contribution in [0.25, 0.3) is 0 Å². The van der Waals surface area contributed by atoms with Crippen LogP contribution in [0.15, 0.2) is 6.07 Å². The van der Waals surface area contributed by atoms with Gasteiger partial charge in [-0.1, -0.05) is 27.7 Å². The lowest BCUT2D eigenvalue weighted by Crippen LogP contribution is -2.30. The monoisotopic (exact) mass is 266 g/mol. The highest BCUT2D eigenvalue weighted by Gasteiger charge is 2.14. The average Bonchev–Trinajstić information content (AvgIpc) is 2.35. The SMILES string of the molecule is CCNc1cc(N[C@H](CO)C(C)C)nc(C(C)C)n1. The van der Waals surface area contributed by atoms with Gasteiger partial charge in [0.05, 0.1) is 12.6 Å². The van der Waals surface area contributed by atoms with Crippen LogP contribution in [0.4, 0.5) is 11.6 Å². The first-order chi connectivity index (χ1) is 8.97. The quantitative estimate of drug-likeness (QED) is 0.707. The van der Waals surface area contributed by atoms with Gasteiger partial charge < -0.3 is 15.7 Å². The molecule has 1 atom stereocenters. The van der Waals surface area contributed by atoms with E-state index in [1.165, 1.54) is 0 Å². The summed E-state index contributed by atoms with van der Waals surface area (Å²) < 4.78 is 0. The third-order valence-electron chi connectivity index (χ3n) is 2.95. The van der Waals surface area contributed by atoms with Crippen LogP contribution in [0.5, 0.6) is 0 Å². The van der Waals surface area contributed by atoms with Gasteiger partial charge in [-0.15, -0.1) is 0 Å². The van der Waals surface area contributed by atoms with Gasteiger partial charge in [0, 0.05) is 18.5 Å². The molecule has 1 aromatic heterocycles. The fourth-order valence-electron chi connectivity index (χ4n) is 1.68. The predicted molar refractivity (Wildman–Crippen MR) is 79.6 cm³/mol. The summed E-state index contributed by atoms with van der Waals surface area (Å²) >= 11 is 0. The Hall–Kier alpha value is -1.36. The van der Waals surface area contributed by atoms with Gasteiger partial charge in [-0.3, -0.25) is 0 Å². The van der Waals surface area contributed by atoms with E-state index in [4.69, 9.17) is 0 Å². The first-order valence-electron chi connectivity index (χ1n) is 6.98. The van der Waals surface area contributed by atoms with E-state index < -0.39 is 0 Å². The molecule has 0 fully saturated rings. The van der Waals surface area contributed by atoms with Crippen molar-refractivity contribution in [3.8, 4) is 0 Å². The zero-order valence-corrected chi connectivity index (χ0v) is 12.6. The van der Waals surface area contributed by atoms with E-state index in [1.807, 2.05) is 13.0 Å². The number of nitrogens with one attached hydrogen (secondary N) is 2. The van der Waals surface area contributed by atoms with Crippen LogP contribution in [-0.2, 0) is 0 Å². The van der Waals surface area contributed by atoms with E-state index in [0.717, 1.165) is 24.0 Å². The smallest absolute Gasteiger partial charge is 0.135 e. The van der Waals surface area contributed by atoms with Crippen molar-refractivity contribution < 1.29 is 5.11 Å². The van der Waals surface area contributed by atoms with Crippen molar-refractivity contribution in [1.82, 2.24) is 9.97 Å². The van der Waals surface area contributed by atoms with Gasteiger partial charge in [-0.05, 0) is 12.8 Å². The highest BCUT2D eigenvalue weighted by molar-refractivity contribution is 5.48. The van der Waals surface area contributed by atoms with Crippen LogP contribution < -0.4 is 10.6 Å². The second-order valence-electron chi connectivity index (χ2n) is 5.36. The van der Waals surface area contributed by atoms with Crippen molar-refractivity contribution in [1.29, 1.82) is 0 Å². The van der Waals surface area contributed by atoms with Crippen LogP contribution in [0.2, 0.25) is 0 Å². The van der Waals surface area contributed by atoms with Crippen molar-refractivity contribution in [3.63, 3.8) is 0 Å². The molecule has 0 aliphatic carbocycles. The number of nitrogens with zero attached hydrogens (tertiary/aromatic N) is 2. The summed E-state index contributed by atoms with van der Waals surface area (Å²) in [6.45, 7) is 11.2. The van der Waals surface area contributed by atoms with Gasteiger partial charge in [0.2, 0.25) is 0 Å². The maximum atomic E-state index is 9.39. The number of anilines is 2. The fraction of sp³-hybridized carbons (Fsp3) is 0.714. The summed E-state index contributed by atoms with van der Waals surface area (Å²) in [5, 5.41) is 15.9. The van der Waals surface area contributed by atoms with Crippen molar-refractivity contribution >= 4 is 11.6 Å². The van der Waals surface area contributed by atoms with E-state index in [1.54, 1.807) is 0 Å². The van der Waals surface area contributed by atoms with Crippen LogP contribution >= 0.6 is 0 Å². The number of aromatic nitrogens is 2. The Morgan fingerprint density at radius 1 is 1.16 bits per heavy atom. The number of aliphatic hydroxyl groups excluding tert-OH is 1. The van der Waals surface area contributed by atoms with Gasteiger partial charge >= 0.3 is 0 Å². The van der Waals surface area contributed by atoms with Crippen molar-refractivity contribution in [2.45, 2.75) is 46.6 Å². The highest BCUT2D eigenvalue weighted by atomic mass is 16.3. The van der Waals surface area contributed by atoms with Crippen LogP contribution in [0.1, 0.15) is 46.4 Å². The van der Waals surface area contributed by atoms with E-state index in [2.05, 4.69) is 48.3 Å². The Labute approximate surface area is 115 Å². The standard InChI is InChI=1S/C14H26N4O/c1-6-15-12-7-13(16-11(8-19)9(2)3)18-14(17-12)10(4)5/h7,9-11,19H,6,8H2,1-5H3,(H2,15,16,17,18)/t11-/m1/s1. The lowest BCUT2D eigenvalue weighted by molar-refractivity contribution is 0.249. The molecule has 1 aromatic rings. The van der Waals surface area contributed by atoms with Crippen molar-refractivity contribution in [2.24, 2.45) is 5.92 Å². The molecule has 0 amide bonds. The Balaban J connectivity index is 2.98. The number of hydrogen-bond acceptors (Lipinski definition) is 5. The summed E-state index contributed by atoms with van der Waals surface area (Å²) in [4.78, 5) is 8.99. The normalized spacial score (nSPS) is 12.8. The lowest BCUT2D eigenvalue weighted by Gasteiger charge is -2.21. The lowest BCUT2D eigenvalue weighted by atomic mass is 10.1. The molecule has 19 heavy (non-hydrogen) atoms. The summed E-state index contributed by atoms with van der Waals surface area (Å²) in [7, 11) is 0. The molecule has 0 radical (unpaired) electrons. The van der Waals surface area contributed by atoms with Crippen LogP contribution in [0, 0.1) is 5.92 Å². The minimum Gasteiger partial charge on any atom is -0.394 e. The van der Waals surface area contributed by atoms with Crippen LogP contribution in [0.3, 0.4) is 0 Å². The third kappa shape index (κ3) is 4.67. The Bertz CT molecular complexity index is 393. The van der Waals surface area contributed by atoms with E-state index in [-0.39, 0.29) is 18.6 Å². The summed E-state index contributed by atoms with van der Waals surface area (Å²) in [6.07, 6.45) is 0. The minimum atomic E-state index is 0.00406. The second-order valence-corrected chi connectivity index (χ2v) is 5.36. The molecule has 0 aliphatic rings. The first-order valence-corrected chi connectivity index (χ1v) is 6.98. The molecule has 0 saturated carbocycles. The second kappa shape index (κ2) is 7.28. The summed E-state index contributed by atoms with van der Waals surface area (Å²) in [5.41, 5.74) is 0. The molecule has 0 saturated heterocycles. The zero-order chi connectivity index (χ0) is 14.4. The molecule has 0 bridgehead atoms. The van der Waals surface area contributed by atoms with Gasteiger partial charge in [0.25, 0.3) is 0 Å². The topological polar surface area (TPSA) is 70.1 Å². The Kier molecular flexibility index (Phi) is 6.02. The van der Waals surface area contributed by atoms with E-state index in [9.17, 15) is 5.11 Å². The minimum absolute atomic E-state index is 0.00406. The fourth-order valence-corrected chi connectivity index (χ4v) is 1.68. The molecular formula is C14H26N4O. The Morgan fingerprint density at radius 2 is 1.79 bits per heavy atom. The number of hydrogen-bond donors (Lipinski definition) is 3. The summed E-state index contributed by atoms with van der Waals surface area (Å²) in [6, 6.07) is 1.89. The highest BCUT2D eigenvalue weighted by Crippen LogP contribution is 2.18. The van der Waals surface area contributed by atoms with E-state index >= 15 is 0 Å². The molecule has 3 N–H and O–H groups in total. The zero-order valence-electron chi connectivity index (χ0n) is 12.6. The molecule has 5 heteroatoms. The largest absolute Gasteiger partial charge is 0.394 e. The van der Waals surface area contributed by atoms with Crippen molar-refractivity contribution in [3.05, 3.63) is 11.9 Å². The number of rotatable bonds is 7.